The highest BCUT2D eigenvalue weighted by molar-refractivity contribution is 5.81. The van der Waals surface area contributed by atoms with Crippen LogP contribution in [-0.2, 0) is 11.2 Å². The number of rotatable bonds is 3. The fraction of sp³-hybridized carbons (Fsp3) is 0.462. The zero-order chi connectivity index (χ0) is 11.9. The van der Waals surface area contributed by atoms with Gasteiger partial charge in [0.15, 0.2) is 0 Å². The van der Waals surface area contributed by atoms with Gasteiger partial charge >= 0.3 is 0 Å². The summed E-state index contributed by atoms with van der Waals surface area (Å²) in [4.78, 5) is 11.1. The summed E-state index contributed by atoms with van der Waals surface area (Å²) in [6, 6.07) is 8.30. The van der Waals surface area contributed by atoms with Crippen molar-refractivity contribution in [1.29, 1.82) is 0 Å². The summed E-state index contributed by atoms with van der Waals surface area (Å²) < 4.78 is 0. The van der Waals surface area contributed by atoms with Crippen molar-refractivity contribution in [3.05, 3.63) is 29.8 Å². The molecule has 1 aliphatic heterocycles. The summed E-state index contributed by atoms with van der Waals surface area (Å²) in [7, 11) is 0. The second-order valence-corrected chi connectivity index (χ2v) is 5.14. The Morgan fingerprint density at radius 2 is 2.00 bits per heavy atom. The number of hydrogen-bond donors (Lipinski definition) is 2. The van der Waals surface area contributed by atoms with Crippen LogP contribution in [0, 0.1) is 0 Å². The maximum atomic E-state index is 11.1. The zero-order valence-corrected chi connectivity index (χ0v) is 9.78. The molecule has 4 heteroatoms. The molecule has 1 aromatic rings. The van der Waals surface area contributed by atoms with Gasteiger partial charge in [-0.15, -0.1) is 0 Å². The number of nitrogens with zero attached hydrogens (tertiary/aromatic N) is 1. The molecule has 2 aliphatic rings. The van der Waals surface area contributed by atoms with E-state index in [0.717, 1.165) is 31.5 Å². The monoisotopic (exact) mass is 231 g/mol. The van der Waals surface area contributed by atoms with E-state index in [0.29, 0.717) is 6.42 Å². The van der Waals surface area contributed by atoms with E-state index >= 15 is 0 Å². The Morgan fingerprint density at radius 3 is 2.53 bits per heavy atom. The number of benzene rings is 1. The van der Waals surface area contributed by atoms with Crippen molar-refractivity contribution in [2.24, 2.45) is 5.73 Å². The van der Waals surface area contributed by atoms with Crippen molar-refractivity contribution in [1.82, 2.24) is 5.43 Å². The maximum absolute atomic E-state index is 11.1. The van der Waals surface area contributed by atoms with Gasteiger partial charge in [-0.25, -0.2) is 0 Å². The van der Waals surface area contributed by atoms with E-state index in [1.165, 1.54) is 5.56 Å². The van der Waals surface area contributed by atoms with E-state index in [9.17, 15) is 4.79 Å². The molecule has 0 aromatic heterocycles. The van der Waals surface area contributed by atoms with Crippen molar-refractivity contribution in [3.8, 4) is 0 Å². The predicted octanol–water partition coefficient (Wildman–Crippen LogP) is 0.962. The number of hydrogen-bond acceptors (Lipinski definition) is 3. The van der Waals surface area contributed by atoms with Crippen LogP contribution >= 0.6 is 0 Å². The number of hydrazine groups is 1. The molecule has 1 aliphatic carbocycles. The van der Waals surface area contributed by atoms with Crippen molar-refractivity contribution >= 4 is 11.6 Å². The van der Waals surface area contributed by atoms with E-state index in [1.54, 1.807) is 0 Å². The van der Waals surface area contributed by atoms with Crippen molar-refractivity contribution < 1.29 is 4.79 Å². The molecule has 0 bridgehead atoms. The average Bonchev–Trinajstić information content (AvgIpc) is 2.87. The Morgan fingerprint density at radius 1 is 1.29 bits per heavy atom. The number of carbonyl (C=O) groups is 1. The lowest BCUT2D eigenvalue weighted by atomic mass is 10.0. The molecule has 0 atom stereocenters. The molecular formula is C13H17N3O. The lowest BCUT2D eigenvalue weighted by Gasteiger charge is -2.18. The molecule has 1 aromatic carbocycles. The number of nitrogens with two attached hydrogens (primary N) is 1. The van der Waals surface area contributed by atoms with Gasteiger partial charge in [0.05, 0.1) is 5.69 Å². The molecule has 0 radical (unpaired) electrons. The first-order valence-corrected chi connectivity index (χ1v) is 6.10. The van der Waals surface area contributed by atoms with Crippen LogP contribution in [0.2, 0.25) is 0 Å². The summed E-state index contributed by atoms with van der Waals surface area (Å²) in [6.45, 7) is 0.749. The average molecular weight is 231 g/mol. The van der Waals surface area contributed by atoms with Crippen LogP contribution < -0.4 is 16.2 Å². The Hall–Kier alpha value is -1.55. The molecule has 1 heterocycles. The number of amides is 1. The van der Waals surface area contributed by atoms with Crippen LogP contribution in [0.3, 0.4) is 0 Å². The Bertz CT molecular complexity index is 436. The normalized spacial score (nSPS) is 21.5. The Balaban J connectivity index is 1.69. The molecule has 0 spiro atoms. The van der Waals surface area contributed by atoms with Gasteiger partial charge in [0.1, 0.15) is 0 Å². The van der Waals surface area contributed by atoms with E-state index in [-0.39, 0.29) is 11.4 Å². The molecule has 90 valence electrons. The molecule has 3 N–H and O–H groups in total. The molecule has 4 nitrogen and oxygen atoms in total. The zero-order valence-electron chi connectivity index (χ0n) is 9.78. The van der Waals surface area contributed by atoms with Gasteiger partial charge in [-0.05, 0) is 37.0 Å². The van der Waals surface area contributed by atoms with Crippen LogP contribution in [0.15, 0.2) is 24.3 Å². The first-order valence-electron chi connectivity index (χ1n) is 6.10. The fourth-order valence-electron chi connectivity index (χ4n) is 2.21. The number of carbonyl (C=O) groups excluding carboxylic acids is 1. The highest BCUT2D eigenvalue weighted by Crippen LogP contribution is 2.35. The molecule has 1 saturated heterocycles. The molecular weight excluding hydrogens is 214 g/mol. The third-order valence-corrected chi connectivity index (χ3v) is 3.52. The highest BCUT2D eigenvalue weighted by Gasteiger charge is 2.37. The van der Waals surface area contributed by atoms with Crippen molar-refractivity contribution in [2.45, 2.75) is 31.2 Å². The lowest BCUT2D eigenvalue weighted by molar-refractivity contribution is -0.119. The summed E-state index contributed by atoms with van der Waals surface area (Å²) in [6.07, 6.45) is 3.81. The molecule has 1 amide bonds. The van der Waals surface area contributed by atoms with Gasteiger partial charge in [0.2, 0.25) is 5.91 Å². The number of anilines is 1. The molecule has 3 rings (SSSR count). The number of nitrogens with one attached hydrogen (secondary N) is 1. The first kappa shape index (κ1) is 10.6. The largest absolute Gasteiger partial charge is 0.325 e. The van der Waals surface area contributed by atoms with Gasteiger partial charge in [-0.2, -0.15) is 0 Å². The third kappa shape index (κ3) is 2.26. The summed E-state index contributed by atoms with van der Waals surface area (Å²) in [5, 5.41) is 1.89. The fourth-order valence-corrected chi connectivity index (χ4v) is 2.21. The SMILES string of the molecule is NC1(Cc2ccc(N3CCC(=O)N3)cc2)CC1. The van der Waals surface area contributed by atoms with Crippen LogP contribution in [0.1, 0.15) is 24.8 Å². The topological polar surface area (TPSA) is 58.4 Å². The van der Waals surface area contributed by atoms with Crippen molar-refractivity contribution in [2.75, 3.05) is 11.6 Å². The third-order valence-electron chi connectivity index (χ3n) is 3.52. The smallest absolute Gasteiger partial charge is 0.240 e. The minimum Gasteiger partial charge on any atom is -0.325 e. The Labute approximate surface area is 101 Å². The second kappa shape index (κ2) is 3.74. The van der Waals surface area contributed by atoms with Crippen LogP contribution in [0.5, 0.6) is 0 Å². The van der Waals surface area contributed by atoms with E-state index in [2.05, 4.69) is 17.6 Å². The first-order chi connectivity index (χ1) is 8.15. The van der Waals surface area contributed by atoms with Gasteiger partial charge in [-0.3, -0.25) is 15.2 Å². The van der Waals surface area contributed by atoms with Crippen LogP contribution in [0.4, 0.5) is 5.69 Å². The van der Waals surface area contributed by atoms with Gasteiger partial charge in [0.25, 0.3) is 0 Å². The lowest BCUT2D eigenvalue weighted by Crippen LogP contribution is -2.32. The van der Waals surface area contributed by atoms with Crippen LogP contribution in [-0.4, -0.2) is 18.0 Å². The van der Waals surface area contributed by atoms with E-state index < -0.39 is 0 Å². The molecule has 17 heavy (non-hydrogen) atoms. The Kier molecular flexibility index (Phi) is 2.33. The highest BCUT2D eigenvalue weighted by atomic mass is 16.2. The van der Waals surface area contributed by atoms with Crippen LogP contribution in [0.25, 0.3) is 0 Å². The van der Waals surface area contributed by atoms with Gasteiger partial charge in [-0.1, -0.05) is 12.1 Å². The quantitative estimate of drug-likeness (QED) is 0.814. The summed E-state index contributed by atoms with van der Waals surface area (Å²) in [5.74, 6) is 0.0907. The van der Waals surface area contributed by atoms with Gasteiger partial charge < -0.3 is 5.73 Å². The maximum Gasteiger partial charge on any atom is 0.240 e. The molecule has 0 unspecified atom stereocenters. The summed E-state index contributed by atoms with van der Waals surface area (Å²) >= 11 is 0. The molecule has 2 fully saturated rings. The minimum absolute atomic E-state index is 0.0589. The van der Waals surface area contributed by atoms with E-state index in [1.807, 2.05) is 17.1 Å². The molecule has 1 saturated carbocycles. The van der Waals surface area contributed by atoms with E-state index in [4.69, 9.17) is 5.73 Å². The van der Waals surface area contributed by atoms with Crippen molar-refractivity contribution in [3.63, 3.8) is 0 Å². The van der Waals surface area contributed by atoms with Gasteiger partial charge in [0, 0.05) is 18.5 Å². The predicted molar refractivity (Wildman–Crippen MR) is 66.4 cm³/mol. The minimum atomic E-state index is 0.0589. The standard InChI is InChI=1S/C13H17N3O/c14-13(6-7-13)9-10-1-3-11(4-2-10)16-8-5-12(17)15-16/h1-4H,5-9,14H2,(H,15,17). The second-order valence-electron chi connectivity index (χ2n) is 5.14. The summed E-state index contributed by atoms with van der Waals surface area (Å²) in [5.41, 5.74) is 11.3.